The first kappa shape index (κ1) is 22.9. The molecule has 0 amide bonds. The Bertz CT molecular complexity index is 1020. The molecule has 0 radical (unpaired) electrons. The number of rotatable bonds is 2. The number of fused-ring (bicyclic) bond motifs is 3. The van der Waals surface area contributed by atoms with Crippen LogP contribution in [-0.4, -0.2) is 17.9 Å². The summed E-state index contributed by atoms with van der Waals surface area (Å²) in [7, 11) is 0. The SMILES string of the molecule is CC1=CC[C@@H]([C@@H](C)[C@H]2CC[C@@]3(C)C4=C(C=C5C=CC(=O)C(C)(C)[C@@H]5CC4)CC[C@]23C)OC1=O. The first-order valence-corrected chi connectivity index (χ1v) is 13.0. The highest BCUT2D eigenvalue weighted by Crippen LogP contribution is 2.68. The summed E-state index contributed by atoms with van der Waals surface area (Å²) >= 11 is 0. The Morgan fingerprint density at radius 2 is 1.79 bits per heavy atom. The number of hydrogen-bond donors (Lipinski definition) is 0. The minimum absolute atomic E-state index is 0.00294. The highest BCUT2D eigenvalue weighted by Gasteiger charge is 2.60. The molecule has 0 aromatic carbocycles. The van der Waals surface area contributed by atoms with Gasteiger partial charge in [-0.2, -0.15) is 0 Å². The number of ether oxygens (including phenoxy) is 1. The van der Waals surface area contributed by atoms with Crippen LogP contribution >= 0.6 is 0 Å². The molecule has 4 aliphatic carbocycles. The van der Waals surface area contributed by atoms with Crippen molar-refractivity contribution in [3.8, 4) is 0 Å². The highest BCUT2D eigenvalue weighted by atomic mass is 16.5. The van der Waals surface area contributed by atoms with Crippen molar-refractivity contribution in [2.45, 2.75) is 92.6 Å². The minimum atomic E-state index is -0.317. The molecule has 5 aliphatic rings. The largest absolute Gasteiger partial charge is 0.458 e. The van der Waals surface area contributed by atoms with E-state index in [1.807, 2.05) is 6.92 Å². The van der Waals surface area contributed by atoms with Crippen molar-refractivity contribution in [1.82, 2.24) is 0 Å². The summed E-state index contributed by atoms with van der Waals surface area (Å²) in [5, 5.41) is 0. The van der Waals surface area contributed by atoms with Crippen molar-refractivity contribution < 1.29 is 14.3 Å². The third-order valence-corrected chi connectivity index (χ3v) is 10.8. The summed E-state index contributed by atoms with van der Waals surface area (Å²) in [6.45, 7) is 13.5. The average molecular weight is 449 g/mol. The van der Waals surface area contributed by atoms with Gasteiger partial charge in [-0.05, 0) is 91.3 Å². The molecule has 0 bridgehead atoms. The zero-order valence-corrected chi connectivity index (χ0v) is 21.3. The fourth-order valence-corrected chi connectivity index (χ4v) is 8.25. The molecular formula is C30H40O3. The molecule has 1 fully saturated rings. The molecule has 3 nitrogen and oxygen atoms in total. The lowest BCUT2D eigenvalue weighted by Gasteiger charge is -2.52. The van der Waals surface area contributed by atoms with Gasteiger partial charge >= 0.3 is 5.97 Å². The molecule has 3 heteroatoms. The predicted octanol–water partition coefficient (Wildman–Crippen LogP) is 6.90. The van der Waals surface area contributed by atoms with Crippen LogP contribution in [0.5, 0.6) is 0 Å². The maximum atomic E-state index is 12.6. The van der Waals surface area contributed by atoms with E-state index >= 15 is 0 Å². The quantitative estimate of drug-likeness (QED) is 0.432. The molecule has 1 heterocycles. The Morgan fingerprint density at radius 3 is 2.52 bits per heavy atom. The van der Waals surface area contributed by atoms with Crippen molar-refractivity contribution in [3.05, 3.63) is 46.6 Å². The predicted molar refractivity (Wildman–Crippen MR) is 131 cm³/mol. The highest BCUT2D eigenvalue weighted by molar-refractivity contribution is 5.96. The van der Waals surface area contributed by atoms with E-state index in [1.54, 1.807) is 17.2 Å². The van der Waals surface area contributed by atoms with Gasteiger partial charge in [0.05, 0.1) is 0 Å². The van der Waals surface area contributed by atoms with Crippen LogP contribution < -0.4 is 0 Å². The molecule has 6 atom stereocenters. The molecule has 178 valence electrons. The number of ketones is 1. The van der Waals surface area contributed by atoms with E-state index in [4.69, 9.17) is 4.74 Å². The second-order valence-corrected chi connectivity index (χ2v) is 12.5. The molecule has 0 N–H and O–H groups in total. The second kappa shape index (κ2) is 7.55. The Labute approximate surface area is 199 Å². The minimum Gasteiger partial charge on any atom is -0.458 e. The van der Waals surface area contributed by atoms with Crippen LogP contribution in [0.15, 0.2) is 46.6 Å². The maximum absolute atomic E-state index is 12.6. The molecule has 33 heavy (non-hydrogen) atoms. The molecule has 0 saturated heterocycles. The molecule has 0 aromatic heterocycles. The first-order chi connectivity index (χ1) is 15.5. The average Bonchev–Trinajstić information content (AvgIpc) is 2.91. The Balaban J connectivity index is 1.46. The monoisotopic (exact) mass is 448 g/mol. The second-order valence-electron chi connectivity index (χ2n) is 12.5. The van der Waals surface area contributed by atoms with Crippen LogP contribution in [0.25, 0.3) is 0 Å². The van der Waals surface area contributed by atoms with Gasteiger partial charge in [-0.25, -0.2) is 4.79 Å². The Kier molecular flexibility index (Phi) is 5.23. The van der Waals surface area contributed by atoms with Gasteiger partial charge < -0.3 is 4.74 Å². The van der Waals surface area contributed by atoms with Crippen LogP contribution in [0.3, 0.4) is 0 Å². The lowest BCUT2D eigenvalue weighted by atomic mass is 9.52. The number of esters is 1. The zero-order valence-electron chi connectivity index (χ0n) is 21.3. The van der Waals surface area contributed by atoms with E-state index in [2.05, 4.69) is 52.8 Å². The van der Waals surface area contributed by atoms with E-state index in [-0.39, 0.29) is 34.1 Å². The van der Waals surface area contributed by atoms with Crippen LogP contribution in [0.4, 0.5) is 0 Å². The van der Waals surface area contributed by atoms with E-state index in [9.17, 15) is 9.59 Å². The fraction of sp³-hybridized carbons (Fsp3) is 0.667. The van der Waals surface area contributed by atoms with Gasteiger partial charge in [-0.3, -0.25) is 4.79 Å². The third-order valence-electron chi connectivity index (χ3n) is 10.8. The van der Waals surface area contributed by atoms with Crippen molar-refractivity contribution in [2.75, 3.05) is 0 Å². The maximum Gasteiger partial charge on any atom is 0.333 e. The molecule has 0 spiro atoms. The van der Waals surface area contributed by atoms with Crippen molar-refractivity contribution in [1.29, 1.82) is 0 Å². The van der Waals surface area contributed by atoms with Gasteiger partial charge in [-0.15, -0.1) is 0 Å². The van der Waals surface area contributed by atoms with Gasteiger partial charge in [0.2, 0.25) is 0 Å². The van der Waals surface area contributed by atoms with E-state index in [0.717, 1.165) is 31.3 Å². The zero-order chi connectivity index (χ0) is 23.8. The van der Waals surface area contributed by atoms with E-state index in [0.29, 0.717) is 17.8 Å². The summed E-state index contributed by atoms with van der Waals surface area (Å²) in [4.78, 5) is 24.9. The van der Waals surface area contributed by atoms with E-state index in [1.165, 1.54) is 24.8 Å². The Morgan fingerprint density at radius 1 is 1.03 bits per heavy atom. The van der Waals surface area contributed by atoms with Crippen LogP contribution in [0.1, 0.15) is 86.5 Å². The van der Waals surface area contributed by atoms with Crippen LogP contribution in [-0.2, 0) is 14.3 Å². The third kappa shape index (κ3) is 3.21. The van der Waals surface area contributed by atoms with Crippen LogP contribution in [0.2, 0.25) is 0 Å². The first-order valence-electron chi connectivity index (χ1n) is 13.0. The Hall–Kier alpha value is -1.90. The summed E-state index contributed by atoms with van der Waals surface area (Å²) in [5.74, 6) is 1.35. The van der Waals surface area contributed by atoms with Gasteiger partial charge in [0, 0.05) is 17.4 Å². The topological polar surface area (TPSA) is 43.4 Å². The van der Waals surface area contributed by atoms with Crippen LogP contribution in [0, 0.1) is 34.0 Å². The van der Waals surface area contributed by atoms with E-state index < -0.39 is 0 Å². The fourth-order valence-electron chi connectivity index (χ4n) is 8.25. The van der Waals surface area contributed by atoms with Gasteiger partial charge in [-0.1, -0.05) is 58.4 Å². The summed E-state index contributed by atoms with van der Waals surface area (Å²) < 4.78 is 5.89. The number of cyclic esters (lactones) is 1. The summed E-state index contributed by atoms with van der Waals surface area (Å²) in [5.41, 5.74) is 5.37. The van der Waals surface area contributed by atoms with Crippen molar-refractivity contribution in [3.63, 3.8) is 0 Å². The molecular weight excluding hydrogens is 408 g/mol. The van der Waals surface area contributed by atoms with Crippen molar-refractivity contribution in [2.24, 2.45) is 34.0 Å². The summed E-state index contributed by atoms with van der Waals surface area (Å²) in [6, 6.07) is 0. The van der Waals surface area contributed by atoms with Gasteiger partial charge in [0.15, 0.2) is 5.78 Å². The number of carbonyl (C=O) groups excluding carboxylic acids is 2. The number of allylic oxidation sites excluding steroid dienone is 6. The molecule has 5 rings (SSSR count). The number of hydrogen-bond acceptors (Lipinski definition) is 3. The normalized spacial score (nSPS) is 40.7. The summed E-state index contributed by atoms with van der Waals surface area (Å²) in [6.07, 6.45) is 16.1. The smallest absolute Gasteiger partial charge is 0.333 e. The van der Waals surface area contributed by atoms with Gasteiger partial charge in [0.25, 0.3) is 0 Å². The number of carbonyl (C=O) groups is 2. The lowest BCUT2D eigenvalue weighted by Crippen LogP contribution is -2.46. The lowest BCUT2D eigenvalue weighted by molar-refractivity contribution is -0.150. The molecule has 0 aromatic rings. The van der Waals surface area contributed by atoms with Gasteiger partial charge in [0.1, 0.15) is 6.10 Å². The molecule has 0 unspecified atom stereocenters. The van der Waals surface area contributed by atoms with Crippen molar-refractivity contribution >= 4 is 11.8 Å². The molecule has 1 saturated carbocycles. The standard InChI is InChI=1S/C30H40O3/c1-18-7-11-25(33-27(18)32)19(2)22-14-16-30(6)24-10-9-23-20(8-12-26(31)28(23,3)4)17-21(24)13-15-29(22,30)5/h7-8,12,17,19,22-23,25H,9-11,13-16H2,1-6H3/t19-,22+,23+,25-,29+,30-/m0/s1. The molecule has 1 aliphatic heterocycles.